The molecule has 0 bridgehead atoms. The second-order valence-electron chi connectivity index (χ2n) is 1.22. The largest absolute Gasteiger partial charge is 0.478 e. The molecule has 9 heavy (non-hydrogen) atoms. The molecule has 0 aromatic carbocycles. The monoisotopic (exact) mass is 138 g/mol. The minimum Gasteiger partial charge on any atom is -0.478 e. The van der Waals surface area contributed by atoms with E-state index in [-0.39, 0.29) is 23.1 Å². The Kier molecular flexibility index (Phi) is 9.86. The van der Waals surface area contributed by atoms with Crippen LogP contribution in [-0.2, 0) is 4.79 Å². The maximum atomic E-state index is 9.75. The first-order valence-corrected chi connectivity index (χ1v) is 2.29. The Morgan fingerprint density at radius 2 is 2.00 bits per heavy atom. The molecule has 0 aliphatic heterocycles. The van der Waals surface area contributed by atoms with Crippen molar-refractivity contribution in [2.75, 3.05) is 0 Å². The van der Waals surface area contributed by atoms with Gasteiger partial charge in [0, 0.05) is 6.08 Å². The first-order chi connectivity index (χ1) is 3.77. The van der Waals surface area contributed by atoms with Crippen molar-refractivity contribution in [3.05, 3.63) is 24.3 Å². The lowest BCUT2D eigenvalue weighted by Gasteiger charge is -1.72. The van der Waals surface area contributed by atoms with Crippen molar-refractivity contribution >= 4 is 29.0 Å². The first-order valence-electron chi connectivity index (χ1n) is 2.29. The summed E-state index contributed by atoms with van der Waals surface area (Å²) in [5.41, 5.74) is 0. The van der Waals surface area contributed by atoms with Gasteiger partial charge in [0.2, 0.25) is 0 Å². The predicted molar refractivity (Wildman–Crippen MR) is 40.1 cm³/mol. The standard InChI is InChI=1S/C6H8O2.Mg.2H/c1-2-3-4-5-6(7)8;;;/h2-5H,1H3,(H,7,8);;;. The SMILES string of the molecule is CC=CC=CC(=O)O.[MgH2]. The molecule has 0 rings (SSSR count). The van der Waals surface area contributed by atoms with Gasteiger partial charge < -0.3 is 5.11 Å². The Bertz CT molecular complexity index is 127. The van der Waals surface area contributed by atoms with Crippen molar-refractivity contribution < 1.29 is 9.90 Å². The van der Waals surface area contributed by atoms with Gasteiger partial charge >= 0.3 is 29.0 Å². The van der Waals surface area contributed by atoms with Crippen molar-refractivity contribution in [2.45, 2.75) is 6.92 Å². The third kappa shape index (κ3) is 11.3. The Morgan fingerprint density at radius 1 is 1.44 bits per heavy atom. The van der Waals surface area contributed by atoms with E-state index in [1.54, 1.807) is 12.2 Å². The van der Waals surface area contributed by atoms with Gasteiger partial charge in [-0.3, -0.25) is 0 Å². The number of hydrogen-bond donors (Lipinski definition) is 1. The molecule has 0 radical (unpaired) electrons. The molecule has 0 saturated carbocycles. The lowest BCUT2D eigenvalue weighted by Crippen LogP contribution is -1.83. The molecular formula is C6H10MgO2. The molecule has 0 spiro atoms. The molecule has 0 aliphatic carbocycles. The van der Waals surface area contributed by atoms with Crippen LogP contribution < -0.4 is 0 Å². The fourth-order valence-electron chi connectivity index (χ4n) is 0.249. The number of rotatable bonds is 2. The number of carbonyl (C=O) groups is 1. The molecule has 0 aromatic heterocycles. The van der Waals surface area contributed by atoms with Gasteiger partial charge in [0.05, 0.1) is 0 Å². The van der Waals surface area contributed by atoms with E-state index in [2.05, 4.69) is 0 Å². The summed E-state index contributed by atoms with van der Waals surface area (Å²) in [6, 6.07) is 0. The molecule has 0 atom stereocenters. The minimum absolute atomic E-state index is 0. The lowest BCUT2D eigenvalue weighted by atomic mass is 10.4. The van der Waals surface area contributed by atoms with Crippen molar-refractivity contribution in [3.63, 3.8) is 0 Å². The molecule has 0 aromatic rings. The molecule has 0 heterocycles. The number of carboxylic acid groups (broad SMARTS) is 1. The van der Waals surface area contributed by atoms with Gasteiger partial charge in [-0.15, -0.1) is 0 Å². The lowest BCUT2D eigenvalue weighted by molar-refractivity contribution is -0.131. The zero-order chi connectivity index (χ0) is 6.41. The summed E-state index contributed by atoms with van der Waals surface area (Å²) in [4.78, 5) is 9.75. The molecule has 48 valence electrons. The topological polar surface area (TPSA) is 37.3 Å². The van der Waals surface area contributed by atoms with Crippen molar-refractivity contribution in [1.82, 2.24) is 0 Å². The van der Waals surface area contributed by atoms with E-state index in [0.717, 1.165) is 6.08 Å². The van der Waals surface area contributed by atoms with Crippen LogP contribution in [0.1, 0.15) is 6.92 Å². The average molecular weight is 138 g/mol. The summed E-state index contributed by atoms with van der Waals surface area (Å²) in [5.74, 6) is -0.914. The molecule has 2 nitrogen and oxygen atoms in total. The second kappa shape index (κ2) is 7.72. The molecule has 0 fully saturated rings. The van der Waals surface area contributed by atoms with Crippen LogP contribution in [0.15, 0.2) is 24.3 Å². The van der Waals surface area contributed by atoms with E-state index in [9.17, 15) is 4.79 Å². The van der Waals surface area contributed by atoms with E-state index in [1.165, 1.54) is 6.08 Å². The third-order valence-electron chi connectivity index (χ3n) is 0.542. The third-order valence-corrected chi connectivity index (χ3v) is 0.542. The van der Waals surface area contributed by atoms with Gasteiger partial charge in [-0.25, -0.2) is 4.79 Å². The van der Waals surface area contributed by atoms with Gasteiger partial charge in [0.15, 0.2) is 0 Å². The van der Waals surface area contributed by atoms with Crippen LogP contribution in [0.5, 0.6) is 0 Å². The van der Waals surface area contributed by atoms with Crippen LogP contribution in [0.2, 0.25) is 0 Å². The maximum Gasteiger partial charge on any atom is 0.328 e. The molecular weight excluding hydrogens is 128 g/mol. The van der Waals surface area contributed by atoms with E-state index in [1.807, 2.05) is 6.92 Å². The molecule has 0 unspecified atom stereocenters. The fourth-order valence-corrected chi connectivity index (χ4v) is 0.249. The highest BCUT2D eigenvalue weighted by atomic mass is 24.3. The summed E-state index contributed by atoms with van der Waals surface area (Å²) in [7, 11) is 0. The number of aliphatic carboxylic acids is 1. The van der Waals surface area contributed by atoms with Crippen LogP contribution in [-0.4, -0.2) is 34.1 Å². The summed E-state index contributed by atoms with van der Waals surface area (Å²) in [6.07, 6.45) is 5.98. The predicted octanol–water partition coefficient (Wildman–Crippen LogP) is 0.287. The quantitative estimate of drug-likeness (QED) is 0.338. The van der Waals surface area contributed by atoms with Crippen molar-refractivity contribution in [1.29, 1.82) is 0 Å². The highest BCUT2D eigenvalue weighted by Crippen LogP contribution is 1.74. The van der Waals surface area contributed by atoms with Gasteiger partial charge in [0.1, 0.15) is 0 Å². The van der Waals surface area contributed by atoms with E-state index in [4.69, 9.17) is 5.11 Å². The van der Waals surface area contributed by atoms with Crippen LogP contribution in [0.4, 0.5) is 0 Å². The Balaban J connectivity index is 0. The molecule has 0 aliphatic rings. The zero-order valence-corrected chi connectivity index (χ0v) is 4.66. The van der Waals surface area contributed by atoms with Crippen molar-refractivity contribution in [2.24, 2.45) is 0 Å². The van der Waals surface area contributed by atoms with Gasteiger partial charge in [-0.1, -0.05) is 18.2 Å². The number of hydrogen-bond acceptors (Lipinski definition) is 1. The Hall–Kier alpha value is -0.284. The van der Waals surface area contributed by atoms with Crippen LogP contribution in [0.3, 0.4) is 0 Å². The maximum absolute atomic E-state index is 9.75. The van der Waals surface area contributed by atoms with Gasteiger partial charge in [-0.2, -0.15) is 0 Å². The number of carboxylic acids is 1. The fraction of sp³-hybridized carbons (Fsp3) is 0.167. The smallest absolute Gasteiger partial charge is 0.328 e. The number of allylic oxidation sites excluding steroid dienone is 3. The molecule has 3 heteroatoms. The van der Waals surface area contributed by atoms with Crippen LogP contribution in [0, 0.1) is 0 Å². The highest BCUT2D eigenvalue weighted by molar-refractivity contribution is 5.80. The Morgan fingerprint density at radius 3 is 2.33 bits per heavy atom. The second-order valence-corrected chi connectivity index (χ2v) is 1.22. The minimum atomic E-state index is -0.914. The zero-order valence-electron chi connectivity index (χ0n) is 4.66. The first kappa shape index (κ1) is 11.5. The summed E-state index contributed by atoms with van der Waals surface area (Å²) < 4.78 is 0. The van der Waals surface area contributed by atoms with E-state index < -0.39 is 5.97 Å². The summed E-state index contributed by atoms with van der Waals surface area (Å²) in [5, 5.41) is 8.02. The molecule has 0 saturated heterocycles. The highest BCUT2D eigenvalue weighted by Gasteiger charge is 1.78. The average Bonchev–Trinajstić information content (AvgIpc) is 1.66. The molecule has 0 amide bonds. The summed E-state index contributed by atoms with van der Waals surface area (Å²) >= 11 is 0. The van der Waals surface area contributed by atoms with Gasteiger partial charge in [-0.05, 0) is 6.92 Å². The van der Waals surface area contributed by atoms with Crippen LogP contribution in [0.25, 0.3) is 0 Å². The van der Waals surface area contributed by atoms with E-state index >= 15 is 0 Å². The molecule has 1 N–H and O–H groups in total. The van der Waals surface area contributed by atoms with Crippen molar-refractivity contribution in [3.8, 4) is 0 Å². The normalized spacial score (nSPS) is 9.89. The van der Waals surface area contributed by atoms with Gasteiger partial charge in [0.25, 0.3) is 0 Å². The summed E-state index contributed by atoms with van der Waals surface area (Å²) in [6.45, 7) is 1.83. The van der Waals surface area contributed by atoms with Crippen LogP contribution >= 0.6 is 0 Å². The Labute approximate surface area is 70.4 Å². The van der Waals surface area contributed by atoms with E-state index in [0.29, 0.717) is 0 Å².